The number of esters is 2. The molecule has 3 saturated carbocycles. The number of alkyl halides is 2. The number of aliphatic hydroxyl groups excluding tert-OH is 1. The molecule has 0 aromatic heterocycles. The Labute approximate surface area is 316 Å². The van der Waals surface area contributed by atoms with Crippen molar-refractivity contribution in [1.29, 1.82) is 0 Å². The Hall–Kier alpha value is -3.52. The number of ether oxygens (including phenoxy) is 4. The summed E-state index contributed by atoms with van der Waals surface area (Å²) in [5, 5.41) is 14.8. The van der Waals surface area contributed by atoms with E-state index in [0.29, 0.717) is 12.2 Å². The molecule has 298 valence electrons. The molecule has 54 heavy (non-hydrogen) atoms. The van der Waals surface area contributed by atoms with E-state index in [4.69, 9.17) is 18.9 Å². The molecule has 2 N–H and O–H groups in total. The van der Waals surface area contributed by atoms with Crippen LogP contribution in [0.1, 0.15) is 84.0 Å². The first-order valence-electron chi connectivity index (χ1n) is 18.9. The Balaban J connectivity index is 0.000000251. The van der Waals surface area contributed by atoms with Gasteiger partial charge in [0.15, 0.2) is 29.4 Å². The fraction of sp³-hybridized carbons (Fsp3) is 0.659. The van der Waals surface area contributed by atoms with Gasteiger partial charge < -0.3 is 34.3 Å². The third kappa shape index (κ3) is 7.29. The Morgan fingerprint density at radius 1 is 1.06 bits per heavy atom. The zero-order valence-corrected chi connectivity index (χ0v) is 32.7. The van der Waals surface area contributed by atoms with Crippen molar-refractivity contribution in [3.63, 3.8) is 0 Å². The molecule has 1 heterocycles. The summed E-state index contributed by atoms with van der Waals surface area (Å²) in [6, 6.07) is 7.43. The molecule has 1 aromatic carbocycles. The number of halogens is 2. The van der Waals surface area contributed by atoms with Crippen LogP contribution in [-0.2, 0) is 33.3 Å². The summed E-state index contributed by atoms with van der Waals surface area (Å²) in [7, 11) is 3.90. The number of benzene rings is 1. The molecule has 0 unspecified atom stereocenters. The highest BCUT2D eigenvalue weighted by Gasteiger charge is 2.80. The van der Waals surface area contributed by atoms with Crippen LogP contribution >= 0.6 is 0 Å². The van der Waals surface area contributed by atoms with Crippen molar-refractivity contribution in [2.75, 3.05) is 45.7 Å². The second-order valence-corrected chi connectivity index (χ2v) is 16.4. The van der Waals surface area contributed by atoms with Gasteiger partial charge in [-0.2, -0.15) is 0 Å². The lowest BCUT2D eigenvalue weighted by atomic mass is 9.44. The Bertz CT molecular complexity index is 1660. The van der Waals surface area contributed by atoms with Crippen molar-refractivity contribution < 1.29 is 52.0 Å². The fourth-order valence-corrected chi connectivity index (χ4v) is 9.61. The minimum absolute atomic E-state index is 0.0406. The first kappa shape index (κ1) is 41.6. The van der Waals surface area contributed by atoms with Gasteiger partial charge in [-0.05, 0) is 108 Å². The summed E-state index contributed by atoms with van der Waals surface area (Å²) >= 11 is 0. The van der Waals surface area contributed by atoms with E-state index in [9.17, 15) is 24.3 Å². The van der Waals surface area contributed by atoms with Gasteiger partial charge in [0.05, 0.1) is 17.8 Å². The minimum atomic E-state index is -2.27. The van der Waals surface area contributed by atoms with E-state index in [1.807, 2.05) is 31.1 Å². The lowest BCUT2D eigenvalue weighted by Crippen LogP contribution is -2.71. The summed E-state index contributed by atoms with van der Waals surface area (Å²) < 4.78 is 55.5. The number of Topliss-reactive ketones (excluding diaryl/α,β-unsaturated/α-hetero) is 1. The highest BCUT2D eigenvalue weighted by molar-refractivity contribution is 6.01. The first-order valence-corrected chi connectivity index (χ1v) is 18.9. The summed E-state index contributed by atoms with van der Waals surface area (Å²) in [6.45, 7) is 11.6. The highest BCUT2D eigenvalue weighted by Crippen LogP contribution is 2.72. The lowest BCUT2D eigenvalue weighted by Gasteiger charge is -2.63. The van der Waals surface area contributed by atoms with Crippen molar-refractivity contribution >= 4 is 29.2 Å². The van der Waals surface area contributed by atoms with Gasteiger partial charge in [-0.25, -0.2) is 13.6 Å². The van der Waals surface area contributed by atoms with Crippen LogP contribution in [0.5, 0.6) is 0 Å². The summed E-state index contributed by atoms with van der Waals surface area (Å²) in [6.07, 6.45) is 1.97. The van der Waals surface area contributed by atoms with Gasteiger partial charge in [-0.1, -0.05) is 26.3 Å². The second-order valence-electron chi connectivity index (χ2n) is 16.4. The van der Waals surface area contributed by atoms with E-state index < -0.39 is 82.2 Å². The quantitative estimate of drug-likeness (QED) is 0.217. The zero-order chi connectivity index (χ0) is 39.9. The number of fused-ring (bicyclic) bond motifs is 7. The van der Waals surface area contributed by atoms with Gasteiger partial charge in [-0.15, -0.1) is 0 Å². The van der Waals surface area contributed by atoms with Crippen LogP contribution in [0.3, 0.4) is 0 Å². The molecular formula is C41H56F2N2O9. The van der Waals surface area contributed by atoms with E-state index in [2.05, 4.69) is 12.2 Å². The first-order chi connectivity index (χ1) is 25.3. The van der Waals surface area contributed by atoms with Gasteiger partial charge in [0.1, 0.15) is 12.8 Å². The van der Waals surface area contributed by atoms with Crippen molar-refractivity contribution in [2.45, 2.75) is 109 Å². The Morgan fingerprint density at radius 3 is 2.37 bits per heavy atom. The molecule has 9 atom stereocenters. The molecule has 11 nitrogen and oxygen atoms in total. The predicted molar refractivity (Wildman–Crippen MR) is 197 cm³/mol. The molecule has 0 bridgehead atoms. The molecule has 1 saturated heterocycles. The number of nitrogens with zero attached hydrogens (tertiary/aromatic N) is 1. The maximum Gasteiger partial charge on any atom is 0.338 e. The van der Waals surface area contributed by atoms with E-state index in [1.54, 1.807) is 32.9 Å². The average Bonchev–Trinajstić information content (AvgIpc) is 3.51. The minimum Gasteiger partial charge on any atom is -0.461 e. The number of aliphatic hydroxyl groups is 1. The monoisotopic (exact) mass is 758 g/mol. The Morgan fingerprint density at radius 2 is 1.74 bits per heavy atom. The van der Waals surface area contributed by atoms with E-state index in [1.165, 1.54) is 32.4 Å². The number of nitrogens with one attached hydrogen (secondary N) is 1. The number of unbranched alkanes of at least 4 members (excludes halogenated alkanes) is 1. The zero-order valence-electron chi connectivity index (χ0n) is 32.7. The molecule has 1 aromatic rings. The Kier molecular flexibility index (Phi) is 12.0. The topological polar surface area (TPSA) is 141 Å². The number of hydrogen-bond acceptors (Lipinski definition) is 11. The number of anilines is 1. The molecule has 6 rings (SSSR count). The molecule has 0 amide bonds. The molecule has 4 aliphatic carbocycles. The summed E-state index contributed by atoms with van der Waals surface area (Å²) in [5.41, 5.74) is -4.82. The van der Waals surface area contributed by atoms with Crippen molar-refractivity contribution in [3.05, 3.63) is 53.6 Å². The molecule has 4 fully saturated rings. The van der Waals surface area contributed by atoms with Crippen LogP contribution in [0.2, 0.25) is 0 Å². The van der Waals surface area contributed by atoms with Crippen LogP contribution in [0, 0.1) is 22.7 Å². The third-order valence-electron chi connectivity index (χ3n) is 12.2. The van der Waals surface area contributed by atoms with Gasteiger partial charge in [0.2, 0.25) is 5.78 Å². The maximum absolute atomic E-state index is 17.3. The fourth-order valence-electron chi connectivity index (χ4n) is 9.61. The van der Waals surface area contributed by atoms with Gasteiger partial charge in [0.25, 0.3) is 0 Å². The van der Waals surface area contributed by atoms with Crippen LogP contribution in [0.25, 0.3) is 0 Å². The number of ketones is 2. The standard InChI is InChI=1S/C26H32F2O7.C15H24N2O2/c1-13(29)33-12-20(32)26-21(34-22(2,3)35-26)10-15-16-9-18(27)17-8-14(30)6-7-23(17,4)25(16,28)19(31)11-24(15,26)5;1-4-5-10-16-14-8-6-13(7-9-14)15(18)19-12-11-17(2)3/h6-8,15-16,18-19,21,31H,9-12H2,1-5H3;6-9,16H,4-5,10-12H2,1-3H3/t15-,16-,18-,19-,21+,23-,24-,25-,26+;/m0./s1. The second kappa shape index (κ2) is 15.5. The van der Waals surface area contributed by atoms with Crippen LogP contribution in [-0.4, -0.2) is 109 Å². The van der Waals surface area contributed by atoms with Gasteiger partial charge in [-0.3, -0.25) is 14.4 Å². The van der Waals surface area contributed by atoms with Gasteiger partial charge >= 0.3 is 11.9 Å². The molecule has 0 radical (unpaired) electrons. The molecule has 5 aliphatic rings. The number of carbonyl (C=O) groups excluding carboxylic acids is 4. The third-order valence-corrected chi connectivity index (χ3v) is 12.2. The number of carbonyl (C=O) groups is 4. The van der Waals surface area contributed by atoms with E-state index in [0.717, 1.165) is 31.3 Å². The average molecular weight is 759 g/mol. The maximum atomic E-state index is 17.3. The van der Waals surface area contributed by atoms with Crippen molar-refractivity contribution in [1.82, 2.24) is 4.90 Å². The number of hydrogen-bond donors (Lipinski definition) is 2. The van der Waals surface area contributed by atoms with E-state index in [-0.39, 0.29) is 30.8 Å². The van der Waals surface area contributed by atoms with Crippen LogP contribution in [0.15, 0.2) is 48.1 Å². The summed E-state index contributed by atoms with van der Waals surface area (Å²) in [4.78, 5) is 50.8. The molecule has 0 spiro atoms. The smallest absolute Gasteiger partial charge is 0.338 e. The van der Waals surface area contributed by atoms with Crippen LogP contribution < -0.4 is 5.32 Å². The largest absolute Gasteiger partial charge is 0.461 e. The molecular weight excluding hydrogens is 702 g/mol. The predicted octanol–water partition coefficient (Wildman–Crippen LogP) is 5.55. The molecule has 1 aliphatic heterocycles. The van der Waals surface area contributed by atoms with Gasteiger partial charge in [0, 0.05) is 42.4 Å². The van der Waals surface area contributed by atoms with E-state index >= 15 is 8.78 Å². The number of rotatable bonds is 11. The number of likely N-dealkylation sites (N-methyl/N-ethyl adjacent to an activating group) is 1. The van der Waals surface area contributed by atoms with Crippen molar-refractivity contribution in [2.24, 2.45) is 22.7 Å². The highest BCUT2D eigenvalue weighted by atomic mass is 19.1. The summed E-state index contributed by atoms with van der Waals surface area (Å²) in [5.74, 6) is -4.49. The lowest BCUT2D eigenvalue weighted by molar-refractivity contribution is -0.249. The van der Waals surface area contributed by atoms with Crippen molar-refractivity contribution in [3.8, 4) is 0 Å². The molecule has 13 heteroatoms. The normalized spacial score (nSPS) is 35.7. The SMILES string of the molecule is CC(=O)OCC(=O)[C@@]12OC(C)(C)O[C@@H]1C[C@H]1[C@@H]3C[C@H](F)C4=CC(=O)C=C[C@]4(C)[C@@]3(F)[C@@H](O)C[C@@]12C.CCCCNc1ccc(C(=O)OCCN(C)C)cc1. The number of allylic oxidation sites excluding steroid dienone is 4. The van der Waals surface area contributed by atoms with Crippen LogP contribution in [0.4, 0.5) is 14.5 Å².